The number of nitrogens with zero attached hydrogens (tertiary/aromatic N) is 1. The van der Waals surface area contributed by atoms with Crippen molar-refractivity contribution < 1.29 is 18.7 Å². The Morgan fingerprint density at radius 1 is 1.03 bits per heavy atom. The van der Waals surface area contributed by atoms with Crippen LogP contribution in [0.1, 0.15) is 26.4 Å². The number of hydrogen-bond acceptors (Lipinski definition) is 4. The summed E-state index contributed by atoms with van der Waals surface area (Å²) in [6.45, 7) is 0.271. The third kappa shape index (κ3) is 5.38. The summed E-state index contributed by atoms with van der Waals surface area (Å²) in [6.07, 6.45) is 1.76. The van der Waals surface area contributed by atoms with Crippen molar-refractivity contribution >= 4 is 17.5 Å². The summed E-state index contributed by atoms with van der Waals surface area (Å²) in [4.78, 5) is 28.8. The largest absolute Gasteiger partial charge is 0.497 e. The molecule has 7 heteroatoms. The molecule has 6 nitrogen and oxygen atoms in total. The number of pyridine rings is 1. The zero-order valence-corrected chi connectivity index (χ0v) is 15.8. The average Bonchev–Trinajstić information content (AvgIpc) is 2.75. The second-order valence-electron chi connectivity index (χ2n) is 6.21. The minimum atomic E-state index is -0.445. The summed E-state index contributed by atoms with van der Waals surface area (Å²) in [5.41, 5.74) is 1.48. The molecule has 29 heavy (non-hydrogen) atoms. The van der Waals surface area contributed by atoms with Crippen molar-refractivity contribution in [1.29, 1.82) is 0 Å². The van der Waals surface area contributed by atoms with Crippen LogP contribution in [0.25, 0.3) is 0 Å². The maximum atomic E-state index is 13.6. The highest BCUT2D eigenvalue weighted by atomic mass is 19.1. The molecule has 2 aromatic carbocycles. The summed E-state index contributed by atoms with van der Waals surface area (Å²) < 4.78 is 18.8. The number of amides is 2. The van der Waals surface area contributed by atoms with Crippen LogP contribution in [0.15, 0.2) is 66.9 Å². The fraction of sp³-hybridized carbons (Fsp3) is 0.136. The number of rotatable bonds is 7. The SMILES string of the molecule is COc1cccc(NC(=O)c2cc(C(=O)NCCc3ccccc3F)ccn2)c1. The molecule has 2 amide bonds. The van der Waals surface area contributed by atoms with Gasteiger partial charge in [-0.15, -0.1) is 0 Å². The molecule has 2 N–H and O–H groups in total. The van der Waals surface area contributed by atoms with Gasteiger partial charge in [0.1, 0.15) is 17.3 Å². The second-order valence-corrected chi connectivity index (χ2v) is 6.21. The zero-order chi connectivity index (χ0) is 20.6. The van der Waals surface area contributed by atoms with Crippen LogP contribution in [0.4, 0.5) is 10.1 Å². The molecule has 0 aliphatic heterocycles. The van der Waals surface area contributed by atoms with Gasteiger partial charge < -0.3 is 15.4 Å². The minimum Gasteiger partial charge on any atom is -0.497 e. The second kappa shape index (κ2) is 9.45. The number of hydrogen-bond donors (Lipinski definition) is 2. The number of halogens is 1. The number of carbonyl (C=O) groups is 2. The van der Waals surface area contributed by atoms with Gasteiger partial charge in [0.15, 0.2) is 0 Å². The highest BCUT2D eigenvalue weighted by Crippen LogP contribution is 2.17. The molecular weight excluding hydrogens is 373 g/mol. The lowest BCUT2D eigenvalue weighted by molar-refractivity contribution is 0.0954. The number of carbonyl (C=O) groups excluding carboxylic acids is 2. The van der Waals surface area contributed by atoms with E-state index in [9.17, 15) is 14.0 Å². The van der Waals surface area contributed by atoms with Crippen molar-refractivity contribution in [1.82, 2.24) is 10.3 Å². The van der Waals surface area contributed by atoms with Crippen LogP contribution in [-0.4, -0.2) is 30.5 Å². The molecule has 0 bridgehead atoms. The molecule has 1 heterocycles. The van der Waals surface area contributed by atoms with E-state index in [0.29, 0.717) is 29.0 Å². The van der Waals surface area contributed by atoms with Gasteiger partial charge in [-0.05, 0) is 42.3 Å². The first-order valence-electron chi connectivity index (χ1n) is 9.00. The van der Waals surface area contributed by atoms with Crippen LogP contribution < -0.4 is 15.4 Å². The number of methoxy groups -OCH3 is 1. The van der Waals surface area contributed by atoms with E-state index in [1.807, 2.05) is 0 Å². The lowest BCUT2D eigenvalue weighted by Gasteiger charge is -2.09. The Morgan fingerprint density at radius 2 is 1.86 bits per heavy atom. The molecule has 0 saturated heterocycles. The molecule has 148 valence electrons. The molecule has 3 rings (SSSR count). The standard InChI is InChI=1S/C22H20FN3O3/c1-29-18-7-4-6-17(14-18)26-22(28)20-13-16(10-11-24-20)21(27)25-12-9-15-5-2-3-8-19(15)23/h2-8,10-11,13-14H,9,12H2,1H3,(H,25,27)(H,26,28). The zero-order valence-electron chi connectivity index (χ0n) is 15.8. The highest BCUT2D eigenvalue weighted by molar-refractivity contribution is 6.04. The predicted octanol–water partition coefficient (Wildman–Crippen LogP) is 3.45. The van der Waals surface area contributed by atoms with Gasteiger partial charge in [0.2, 0.25) is 0 Å². The van der Waals surface area contributed by atoms with Gasteiger partial charge >= 0.3 is 0 Å². The van der Waals surface area contributed by atoms with Crippen LogP contribution in [0, 0.1) is 5.82 Å². The van der Waals surface area contributed by atoms with E-state index in [2.05, 4.69) is 15.6 Å². The monoisotopic (exact) mass is 393 g/mol. The third-order valence-electron chi connectivity index (χ3n) is 4.22. The van der Waals surface area contributed by atoms with Crippen molar-refractivity contribution in [2.24, 2.45) is 0 Å². The summed E-state index contributed by atoms with van der Waals surface area (Å²) in [5, 5.41) is 5.44. The average molecular weight is 393 g/mol. The quantitative estimate of drug-likeness (QED) is 0.644. The van der Waals surface area contributed by atoms with Gasteiger partial charge in [-0.3, -0.25) is 14.6 Å². The van der Waals surface area contributed by atoms with E-state index < -0.39 is 5.91 Å². The van der Waals surface area contributed by atoms with E-state index in [0.717, 1.165) is 0 Å². The molecule has 0 aliphatic carbocycles. The van der Waals surface area contributed by atoms with Gasteiger partial charge in [-0.1, -0.05) is 24.3 Å². The minimum absolute atomic E-state index is 0.106. The number of anilines is 1. The van der Waals surface area contributed by atoms with E-state index in [-0.39, 0.29) is 24.0 Å². The normalized spacial score (nSPS) is 10.3. The number of nitrogens with one attached hydrogen (secondary N) is 2. The Morgan fingerprint density at radius 3 is 2.66 bits per heavy atom. The molecule has 3 aromatic rings. The molecule has 1 aromatic heterocycles. The molecule has 0 fully saturated rings. The predicted molar refractivity (Wildman–Crippen MR) is 108 cm³/mol. The maximum absolute atomic E-state index is 13.6. The lowest BCUT2D eigenvalue weighted by Crippen LogP contribution is -2.26. The van der Waals surface area contributed by atoms with Crippen molar-refractivity contribution in [3.05, 3.63) is 89.5 Å². The summed E-state index contributed by atoms with van der Waals surface area (Å²) in [7, 11) is 1.54. The number of aromatic nitrogens is 1. The number of ether oxygens (including phenoxy) is 1. The molecule has 0 spiro atoms. The Labute approximate surface area is 167 Å². The van der Waals surface area contributed by atoms with Crippen LogP contribution in [0.2, 0.25) is 0 Å². The summed E-state index contributed by atoms with van der Waals surface area (Å²) >= 11 is 0. The first kappa shape index (κ1) is 20.0. The topological polar surface area (TPSA) is 80.3 Å². The first-order valence-corrected chi connectivity index (χ1v) is 9.00. The molecule has 0 unspecified atom stereocenters. The van der Waals surface area contributed by atoms with Gasteiger partial charge in [0, 0.05) is 30.1 Å². The van der Waals surface area contributed by atoms with Crippen LogP contribution in [0.5, 0.6) is 5.75 Å². The Hall–Kier alpha value is -3.74. The highest BCUT2D eigenvalue weighted by Gasteiger charge is 2.12. The Kier molecular flexibility index (Phi) is 6.52. The van der Waals surface area contributed by atoms with Crippen molar-refractivity contribution in [3.63, 3.8) is 0 Å². The fourth-order valence-electron chi connectivity index (χ4n) is 2.71. The van der Waals surface area contributed by atoms with Crippen molar-refractivity contribution in [2.45, 2.75) is 6.42 Å². The third-order valence-corrected chi connectivity index (χ3v) is 4.22. The van der Waals surface area contributed by atoms with E-state index in [1.165, 1.54) is 31.5 Å². The summed E-state index contributed by atoms with van der Waals surface area (Å²) in [5.74, 6) is -0.501. The lowest BCUT2D eigenvalue weighted by atomic mass is 10.1. The molecule has 0 aliphatic rings. The Bertz CT molecular complexity index is 1020. The van der Waals surface area contributed by atoms with Crippen LogP contribution in [0.3, 0.4) is 0 Å². The smallest absolute Gasteiger partial charge is 0.274 e. The van der Waals surface area contributed by atoms with Gasteiger partial charge in [-0.2, -0.15) is 0 Å². The fourth-order valence-corrected chi connectivity index (χ4v) is 2.71. The van der Waals surface area contributed by atoms with Crippen LogP contribution >= 0.6 is 0 Å². The van der Waals surface area contributed by atoms with E-state index in [4.69, 9.17) is 4.74 Å². The molecule has 0 atom stereocenters. The molecular formula is C22H20FN3O3. The van der Waals surface area contributed by atoms with E-state index in [1.54, 1.807) is 42.5 Å². The van der Waals surface area contributed by atoms with Gasteiger partial charge in [-0.25, -0.2) is 4.39 Å². The summed E-state index contributed by atoms with van der Waals surface area (Å²) in [6, 6.07) is 16.3. The molecule has 0 radical (unpaired) electrons. The number of benzene rings is 2. The maximum Gasteiger partial charge on any atom is 0.274 e. The van der Waals surface area contributed by atoms with Gasteiger partial charge in [0.25, 0.3) is 11.8 Å². The van der Waals surface area contributed by atoms with E-state index >= 15 is 0 Å². The van der Waals surface area contributed by atoms with Gasteiger partial charge in [0.05, 0.1) is 7.11 Å². The first-order chi connectivity index (χ1) is 14.1. The van der Waals surface area contributed by atoms with Crippen LogP contribution in [-0.2, 0) is 6.42 Å². The molecule has 0 saturated carbocycles. The Balaban J connectivity index is 1.61. The van der Waals surface area contributed by atoms with Crippen molar-refractivity contribution in [3.8, 4) is 5.75 Å². The van der Waals surface area contributed by atoms with Crippen molar-refractivity contribution in [2.75, 3.05) is 19.0 Å².